The van der Waals surface area contributed by atoms with Gasteiger partial charge in [-0.25, -0.2) is 9.59 Å². The summed E-state index contributed by atoms with van der Waals surface area (Å²) in [6.07, 6.45) is -3.54. The zero-order valence-corrected chi connectivity index (χ0v) is 28.7. The zero-order chi connectivity index (χ0) is 34.5. The number of benzene rings is 1. The molecule has 0 N–H and O–H groups in total. The molecule has 3 aliphatic carbocycles. The minimum absolute atomic E-state index is 0.0593. The first kappa shape index (κ1) is 33.0. The van der Waals surface area contributed by atoms with Gasteiger partial charge in [0.1, 0.15) is 17.8 Å². The summed E-state index contributed by atoms with van der Waals surface area (Å²) in [7, 11) is 0. The second-order valence-electron chi connectivity index (χ2n) is 13.9. The van der Waals surface area contributed by atoms with Gasteiger partial charge in [0.05, 0.1) is 24.7 Å². The van der Waals surface area contributed by atoms with Crippen LogP contribution in [0.1, 0.15) is 80.0 Å². The molecule has 10 nitrogen and oxygen atoms in total. The Kier molecular flexibility index (Phi) is 8.82. The van der Waals surface area contributed by atoms with Gasteiger partial charge in [-0.2, -0.15) is 0 Å². The Hall–Kier alpha value is -2.89. The van der Waals surface area contributed by atoms with Crippen LogP contribution in [0.3, 0.4) is 0 Å². The predicted octanol–water partition coefficient (Wildman–Crippen LogP) is 6.12. The lowest BCUT2D eigenvalue weighted by molar-refractivity contribution is -0.335. The van der Waals surface area contributed by atoms with Crippen LogP contribution in [0.4, 0.5) is 4.79 Å². The summed E-state index contributed by atoms with van der Waals surface area (Å²) in [6, 6.07) is 8.54. The molecular formula is C35H46O10S. The lowest BCUT2D eigenvalue weighted by atomic mass is 9.43. The maximum absolute atomic E-state index is 15.3. The first-order valence-corrected chi connectivity index (χ1v) is 16.8. The Bertz CT molecular complexity index is 1450. The number of carbonyl (C=O) groups is 4. The number of ketones is 1. The van der Waals surface area contributed by atoms with Crippen LogP contribution in [-0.4, -0.2) is 72.8 Å². The van der Waals surface area contributed by atoms with Crippen LogP contribution in [-0.2, 0) is 37.5 Å². The van der Waals surface area contributed by atoms with Crippen LogP contribution in [0.25, 0.3) is 0 Å². The van der Waals surface area contributed by atoms with Gasteiger partial charge < -0.3 is 27.9 Å². The van der Waals surface area contributed by atoms with Gasteiger partial charge in [0.15, 0.2) is 17.5 Å². The smallest absolute Gasteiger partial charge is 0.455 e. The van der Waals surface area contributed by atoms with E-state index < -0.39 is 70.3 Å². The minimum Gasteiger partial charge on any atom is -0.455 e. The van der Waals surface area contributed by atoms with E-state index in [1.165, 1.54) is 6.92 Å². The van der Waals surface area contributed by atoms with Gasteiger partial charge in [-0.3, -0.25) is 9.59 Å². The van der Waals surface area contributed by atoms with Crippen LogP contribution in [0.5, 0.6) is 0 Å². The molecule has 1 heterocycles. The molecule has 9 atom stereocenters. The number of ether oxygens (including phenoxy) is 5. The Morgan fingerprint density at radius 2 is 1.80 bits per heavy atom. The van der Waals surface area contributed by atoms with Crippen molar-refractivity contribution in [2.24, 2.45) is 28.6 Å². The van der Waals surface area contributed by atoms with Crippen molar-refractivity contribution in [1.29, 1.82) is 0 Å². The number of Topliss-reactive ketones (excluding diaryl/α,β-unsaturated/α-hetero) is 1. The predicted molar refractivity (Wildman–Crippen MR) is 170 cm³/mol. The van der Waals surface area contributed by atoms with E-state index in [0.717, 1.165) is 17.6 Å². The van der Waals surface area contributed by atoms with Gasteiger partial charge >= 0.3 is 18.1 Å². The summed E-state index contributed by atoms with van der Waals surface area (Å²) in [6.45, 7) is 14.4. The lowest BCUT2D eigenvalue weighted by Gasteiger charge is -2.68. The van der Waals surface area contributed by atoms with Gasteiger partial charge in [-0.15, -0.1) is 0 Å². The van der Waals surface area contributed by atoms with E-state index in [0.29, 0.717) is 24.0 Å². The summed E-state index contributed by atoms with van der Waals surface area (Å²) in [4.78, 5) is 55.5. The Balaban J connectivity index is 1.88. The second-order valence-corrected chi connectivity index (χ2v) is 14.3. The molecule has 0 aromatic heterocycles. The quantitative estimate of drug-likeness (QED) is 0.146. The minimum atomic E-state index is -1.46. The third-order valence-electron chi connectivity index (χ3n) is 11.4. The maximum Gasteiger partial charge on any atom is 0.509 e. The van der Waals surface area contributed by atoms with E-state index in [9.17, 15) is 14.4 Å². The van der Waals surface area contributed by atoms with Crippen molar-refractivity contribution in [3.63, 3.8) is 0 Å². The maximum atomic E-state index is 15.3. The highest BCUT2D eigenvalue weighted by molar-refractivity contribution is 7.93. The first-order chi connectivity index (χ1) is 22.1. The molecule has 1 aliphatic heterocycles. The topological polar surface area (TPSA) is 124 Å². The molecule has 0 spiro atoms. The highest BCUT2D eigenvalue weighted by atomic mass is 32.2. The van der Waals surface area contributed by atoms with E-state index in [1.54, 1.807) is 44.2 Å². The van der Waals surface area contributed by atoms with Gasteiger partial charge in [0, 0.05) is 25.4 Å². The van der Waals surface area contributed by atoms with Crippen molar-refractivity contribution in [1.82, 2.24) is 0 Å². The number of rotatable bonds is 7. The standard InChI is InChI=1S/C35H46O10S/c1-10-40-31(39)44-34-18-41-24(34)16-20(3)33(8)27(34)29(43-30(38)23-14-12-11-13-15-23)35(45-46-9)17-19(2)21(4)25(32(35,6)7)26(28(33)37)42-22(5)36/h11-15,19-20,24,26-27,29H,10,16-18H2,1-9H3/t19-,20-,24+,26+,27?,29-,33+,34-,35+/m0/s1/i9D. The normalized spacial score (nSPS) is 38.1. The molecule has 11 heteroatoms. The van der Waals surface area contributed by atoms with E-state index in [-0.39, 0.29) is 31.1 Å². The van der Waals surface area contributed by atoms with E-state index in [4.69, 9.17) is 29.2 Å². The molecular weight excluding hydrogens is 612 g/mol. The number of allylic oxidation sites excluding steroid dienone is 1. The number of carbonyl (C=O) groups excluding carboxylic acids is 4. The van der Waals surface area contributed by atoms with Gasteiger partial charge in [0.2, 0.25) is 0 Å². The molecule has 1 unspecified atom stereocenters. The SMILES string of the molecule is [2H]CSO[C@]12C[C@H](C)C(C)=C([C@@H](OC(C)=O)C(=O)[C@@]3(C)C([C@@H]1OC(=O)c1ccccc1)[C@]1(OC(=O)OCC)CO[C@@H]1C[C@@H]3C)C2(C)C. The molecule has 2 bridgehead atoms. The second kappa shape index (κ2) is 12.3. The summed E-state index contributed by atoms with van der Waals surface area (Å²) in [5.41, 5.74) is -3.59. The monoisotopic (exact) mass is 659 g/mol. The average Bonchev–Trinajstić information content (AvgIpc) is 3.01. The van der Waals surface area contributed by atoms with Crippen LogP contribution in [0.15, 0.2) is 41.5 Å². The van der Waals surface area contributed by atoms with Crippen molar-refractivity contribution in [2.75, 3.05) is 19.4 Å². The molecule has 3 fully saturated rings. The van der Waals surface area contributed by atoms with Crippen molar-refractivity contribution in [3.8, 4) is 0 Å². The molecule has 1 aromatic carbocycles. The van der Waals surface area contributed by atoms with Crippen LogP contribution >= 0.6 is 12.0 Å². The highest BCUT2D eigenvalue weighted by Gasteiger charge is 2.78. The molecule has 5 rings (SSSR count). The average molecular weight is 660 g/mol. The molecule has 252 valence electrons. The third-order valence-corrected chi connectivity index (χ3v) is 11.8. The van der Waals surface area contributed by atoms with E-state index in [1.807, 2.05) is 34.6 Å². The van der Waals surface area contributed by atoms with Gasteiger partial charge in [-0.1, -0.05) is 58.4 Å². The summed E-state index contributed by atoms with van der Waals surface area (Å²) in [5.74, 6) is -3.28. The fourth-order valence-electron chi connectivity index (χ4n) is 8.76. The summed E-state index contributed by atoms with van der Waals surface area (Å²) >= 11 is 0.915. The van der Waals surface area contributed by atoms with Crippen molar-refractivity contribution in [2.45, 2.75) is 97.7 Å². The molecule has 46 heavy (non-hydrogen) atoms. The molecule has 4 aliphatic rings. The van der Waals surface area contributed by atoms with Crippen LogP contribution < -0.4 is 0 Å². The molecule has 2 saturated carbocycles. The van der Waals surface area contributed by atoms with Crippen molar-refractivity contribution >= 4 is 35.9 Å². The fourth-order valence-corrected chi connectivity index (χ4v) is 9.34. The van der Waals surface area contributed by atoms with Gasteiger partial charge in [-0.05, 0) is 68.3 Å². The number of hydrogen-bond acceptors (Lipinski definition) is 11. The largest absolute Gasteiger partial charge is 0.509 e. The fraction of sp³-hybridized carbons (Fsp3) is 0.657. The third kappa shape index (κ3) is 4.99. The molecule has 1 aromatic rings. The Morgan fingerprint density at radius 3 is 2.39 bits per heavy atom. The Labute approximate surface area is 276 Å². The van der Waals surface area contributed by atoms with Crippen LogP contribution in [0.2, 0.25) is 0 Å². The van der Waals surface area contributed by atoms with Crippen molar-refractivity contribution in [3.05, 3.63) is 47.0 Å². The summed E-state index contributed by atoms with van der Waals surface area (Å²) in [5, 5.41) is 0. The van der Waals surface area contributed by atoms with Crippen molar-refractivity contribution < 1.29 is 48.4 Å². The molecule has 1 saturated heterocycles. The molecule has 0 amide bonds. The van der Waals surface area contributed by atoms with E-state index in [2.05, 4.69) is 0 Å². The van der Waals surface area contributed by atoms with Gasteiger partial charge in [0.25, 0.3) is 0 Å². The number of fused-ring (bicyclic) bond motifs is 5. The van der Waals surface area contributed by atoms with Crippen LogP contribution in [0, 0.1) is 28.6 Å². The van der Waals surface area contributed by atoms with E-state index >= 15 is 4.79 Å². The Morgan fingerprint density at radius 1 is 1.11 bits per heavy atom. The zero-order valence-electron chi connectivity index (χ0n) is 28.9. The summed E-state index contributed by atoms with van der Waals surface area (Å²) < 4.78 is 45.1. The lowest BCUT2D eigenvalue weighted by Crippen LogP contribution is -2.80. The number of esters is 2. The first-order valence-electron chi connectivity index (χ1n) is 16.6. The molecule has 0 radical (unpaired) electrons. The highest BCUT2D eigenvalue weighted by Crippen LogP contribution is 2.67. The number of hydrogen-bond donors (Lipinski definition) is 0.